The van der Waals surface area contributed by atoms with Crippen LogP contribution >= 0.6 is 11.3 Å². The van der Waals surface area contributed by atoms with Gasteiger partial charge in [0.25, 0.3) is 0 Å². The molecule has 1 unspecified atom stereocenters. The number of aryl methyl sites for hydroxylation is 1. The maximum absolute atomic E-state index is 12.7. The number of rotatable bonds is 4. The van der Waals surface area contributed by atoms with Crippen LogP contribution in [-0.4, -0.2) is 26.3 Å². The van der Waals surface area contributed by atoms with Crippen molar-refractivity contribution in [1.29, 1.82) is 0 Å². The average Bonchev–Trinajstić information content (AvgIpc) is 3.04. The number of methoxy groups -OCH3 is 3. The lowest BCUT2D eigenvalue weighted by Gasteiger charge is -2.17. The van der Waals surface area contributed by atoms with Gasteiger partial charge in [-0.25, -0.2) is 9.78 Å². The Balaban J connectivity index is 1.89. The molecule has 0 radical (unpaired) electrons. The van der Waals surface area contributed by atoms with Gasteiger partial charge in [0, 0.05) is 10.4 Å². The Morgan fingerprint density at radius 3 is 2.48 bits per heavy atom. The molecule has 3 aromatic rings. The third-order valence-electron chi connectivity index (χ3n) is 5.00. The predicted octanol–water partition coefficient (Wildman–Crippen LogP) is 4.07. The highest BCUT2D eigenvalue weighted by Gasteiger charge is 2.24. The summed E-state index contributed by atoms with van der Waals surface area (Å²) in [6, 6.07) is 3.46. The lowest BCUT2D eigenvalue weighted by molar-refractivity contribution is 0.324. The van der Waals surface area contributed by atoms with Crippen LogP contribution in [0.25, 0.3) is 21.7 Å². The Labute approximate surface area is 160 Å². The van der Waals surface area contributed by atoms with Crippen LogP contribution in [-0.2, 0) is 12.8 Å². The summed E-state index contributed by atoms with van der Waals surface area (Å²) >= 11 is 1.60. The first-order chi connectivity index (χ1) is 13.0. The summed E-state index contributed by atoms with van der Waals surface area (Å²) in [7, 11) is 4.63. The summed E-state index contributed by atoms with van der Waals surface area (Å²) in [5.41, 5.74) is 1.38. The highest BCUT2D eigenvalue weighted by Crippen LogP contribution is 2.41. The number of aromatic nitrogens is 1. The van der Waals surface area contributed by atoms with E-state index in [4.69, 9.17) is 18.6 Å². The Morgan fingerprint density at radius 1 is 1.15 bits per heavy atom. The number of hydrogen-bond donors (Lipinski definition) is 0. The fourth-order valence-electron chi connectivity index (χ4n) is 3.61. The van der Waals surface area contributed by atoms with Crippen LogP contribution in [0, 0.1) is 5.92 Å². The normalized spacial score (nSPS) is 16.2. The molecule has 6 nitrogen and oxygen atoms in total. The predicted molar refractivity (Wildman–Crippen MR) is 104 cm³/mol. The summed E-state index contributed by atoms with van der Waals surface area (Å²) in [4.78, 5) is 19.4. The Morgan fingerprint density at radius 2 is 1.85 bits per heavy atom. The number of benzene rings is 1. The SMILES string of the molecule is COc1cc(-c2nc3sc4c(c3c(=O)o2)CCC(C)C4)cc(OC)c1OC. The van der Waals surface area contributed by atoms with E-state index < -0.39 is 0 Å². The summed E-state index contributed by atoms with van der Waals surface area (Å²) in [6.07, 6.45) is 2.99. The molecule has 0 saturated heterocycles. The van der Waals surface area contributed by atoms with Gasteiger partial charge in [0.2, 0.25) is 11.6 Å². The van der Waals surface area contributed by atoms with Crippen molar-refractivity contribution in [1.82, 2.24) is 4.98 Å². The first kappa shape index (κ1) is 17.9. The zero-order chi connectivity index (χ0) is 19.1. The maximum atomic E-state index is 12.7. The van der Waals surface area contributed by atoms with Crippen molar-refractivity contribution in [3.8, 4) is 28.7 Å². The minimum atomic E-state index is -0.337. The number of ether oxygens (including phenoxy) is 3. The van der Waals surface area contributed by atoms with Gasteiger partial charge >= 0.3 is 5.63 Å². The van der Waals surface area contributed by atoms with Crippen LogP contribution in [0.2, 0.25) is 0 Å². The molecule has 0 amide bonds. The van der Waals surface area contributed by atoms with Gasteiger partial charge in [-0.3, -0.25) is 0 Å². The standard InChI is InChI=1S/C20H21NO5S/c1-10-5-6-12-15(7-10)27-19-16(12)20(22)26-18(21-19)11-8-13(23-2)17(25-4)14(9-11)24-3/h8-10H,5-7H2,1-4H3. The van der Waals surface area contributed by atoms with Gasteiger partial charge in [-0.05, 0) is 42.9 Å². The molecular weight excluding hydrogens is 366 g/mol. The van der Waals surface area contributed by atoms with Crippen molar-refractivity contribution in [2.24, 2.45) is 5.92 Å². The fourth-order valence-corrected chi connectivity index (χ4v) is 4.97. The van der Waals surface area contributed by atoms with E-state index in [2.05, 4.69) is 11.9 Å². The molecule has 27 heavy (non-hydrogen) atoms. The minimum Gasteiger partial charge on any atom is -0.493 e. The van der Waals surface area contributed by atoms with Crippen molar-refractivity contribution in [2.75, 3.05) is 21.3 Å². The molecule has 0 fully saturated rings. The quantitative estimate of drug-likeness (QED) is 0.672. The lowest BCUT2D eigenvalue weighted by atomic mass is 9.89. The van der Waals surface area contributed by atoms with Gasteiger partial charge in [-0.2, -0.15) is 0 Å². The summed E-state index contributed by atoms with van der Waals surface area (Å²) in [6.45, 7) is 2.24. The van der Waals surface area contributed by atoms with E-state index in [1.807, 2.05) is 0 Å². The zero-order valence-corrected chi connectivity index (χ0v) is 16.6. The van der Waals surface area contributed by atoms with Crippen molar-refractivity contribution < 1.29 is 18.6 Å². The molecule has 142 valence electrons. The zero-order valence-electron chi connectivity index (χ0n) is 15.8. The molecule has 1 aliphatic carbocycles. The van der Waals surface area contributed by atoms with Crippen LogP contribution in [0.4, 0.5) is 0 Å². The molecule has 0 aliphatic heterocycles. The molecule has 7 heteroatoms. The third-order valence-corrected chi connectivity index (χ3v) is 6.15. The summed E-state index contributed by atoms with van der Waals surface area (Å²) in [5.74, 6) is 2.32. The summed E-state index contributed by atoms with van der Waals surface area (Å²) < 4.78 is 21.7. The van der Waals surface area contributed by atoms with E-state index in [0.717, 1.165) is 29.7 Å². The molecule has 0 N–H and O–H groups in total. The molecule has 1 aromatic carbocycles. The van der Waals surface area contributed by atoms with Gasteiger partial charge in [0.1, 0.15) is 10.2 Å². The number of fused-ring (bicyclic) bond motifs is 3. The molecular formula is C20H21NO5S. The molecule has 4 rings (SSSR count). The smallest absolute Gasteiger partial charge is 0.348 e. The largest absolute Gasteiger partial charge is 0.493 e. The number of hydrogen-bond acceptors (Lipinski definition) is 7. The van der Waals surface area contributed by atoms with Crippen LogP contribution < -0.4 is 19.8 Å². The van der Waals surface area contributed by atoms with Crippen molar-refractivity contribution >= 4 is 21.6 Å². The van der Waals surface area contributed by atoms with E-state index in [0.29, 0.717) is 34.1 Å². The topological polar surface area (TPSA) is 70.8 Å². The van der Waals surface area contributed by atoms with Crippen LogP contribution in [0.3, 0.4) is 0 Å². The van der Waals surface area contributed by atoms with E-state index in [9.17, 15) is 4.79 Å². The molecule has 0 saturated carbocycles. The second-order valence-corrected chi connectivity index (χ2v) is 7.84. The highest BCUT2D eigenvalue weighted by atomic mass is 32.1. The van der Waals surface area contributed by atoms with Gasteiger partial charge in [0.15, 0.2) is 11.5 Å². The highest BCUT2D eigenvalue weighted by molar-refractivity contribution is 7.18. The Kier molecular flexibility index (Phi) is 4.55. The summed E-state index contributed by atoms with van der Waals surface area (Å²) in [5, 5.41) is 0.637. The van der Waals surface area contributed by atoms with Crippen molar-refractivity contribution in [3.05, 3.63) is 33.0 Å². The van der Waals surface area contributed by atoms with Gasteiger partial charge in [0.05, 0.1) is 21.3 Å². The molecule has 0 spiro atoms. The monoisotopic (exact) mass is 387 g/mol. The number of thiophene rings is 1. The molecule has 1 atom stereocenters. The minimum absolute atomic E-state index is 0.249. The van der Waals surface area contributed by atoms with E-state index in [-0.39, 0.29) is 11.5 Å². The molecule has 2 heterocycles. The second-order valence-electron chi connectivity index (χ2n) is 6.75. The van der Waals surface area contributed by atoms with E-state index in [1.54, 1.807) is 44.8 Å². The van der Waals surface area contributed by atoms with Gasteiger partial charge in [-0.15, -0.1) is 11.3 Å². The number of nitrogens with zero attached hydrogens (tertiary/aromatic N) is 1. The Hall–Kier alpha value is -2.54. The van der Waals surface area contributed by atoms with Gasteiger partial charge in [-0.1, -0.05) is 6.92 Å². The van der Waals surface area contributed by atoms with Crippen LogP contribution in [0.1, 0.15) is 23.8 Å². The second kappa shape index (κ2) is 6.88. The van der Waals surface area contributed by atoms with Gasteiger partial charge < -0.3 is 18.6 Å². The fraction of sp³-hybridized carbons (Fsp3) is 0.400. The first-order valence-electron chi connectivity index (χ1n) is 8.81. The van der Waals surface area contributed by atoms with E-state index in [1.165, 1.54) is 4.88 Å². The van der Waals surface area contributed by atoms with Crippen molar-refractivity contribution in [3.63, 3.8) is 0 Å². The Bertz CT molecular complexity index is 1040. The lowest BCUT2D eigenvalue weighted by Crippen LogP contribution is -2.11. The maximum Gasteiger partial charge on any atom is 0.348 e. The van der Waals surface area contributed by atoms with E-state index >= 15 is 0 Å². The average molecular weight is 387 g/mol. The molecule has 0 bridgehead atoms. The van der Waals surface area contributed by atoms with Crippen molar-refractivity contribution in [2.45, 2.75) is 26.2 Å². The molecule has 1 aliphatic rings. The third kappa shape index (κ3) is 2.96. The van der Waals surface area contributed by atoms with Crippen LogP contribution in [0.15, 0.2) is 21.3 Å². The molecule has 2 aromatic heterocycles. The first-order valence-corrected chi connectivity index (χ1v) is 9.63. The van der Waals surface area contributed by atoms with Crippen LogP contribution in [0.5, 0.6) is 17.2 Å².